The third-order valence-electron chi connectivity index (χ3n) is 0.991. The van der Waals surface area contributed by atoms with Crippen molar-refractivity contribution >= 4 is 17.6 Å². The molecule has 0 spiro atoms. The first-order valence-corrected chi connectivity index (χ1v) is 2.87. The average molecular weight is 125 g/mol. The number of aryl methyl sites for hydroxylation is 1. The smallest absolute Gasteiger partial charge is 0.0113 e. The summed E-state index contributed by atoms with van der Waals surface area (Å²) in [6.45, 7) is 0. The Hall–Kier alpha value is -0.630. The number of hydrogen-bond donors (Lipinski definition) is 0. The predicted molar refractivity (Wildman–Crippen MR) is 38.2 cm³/mol. The predicted octanol–water partition coefficient (Wildman–Crippen LogP) is 1.37. The lowest BCUT2D eigenvalue weighted by Crippen LogP contribution is -1.78. The second kappa shape index (κ2) is 2.09. The van der Waals surface area contributed by atoms with E-state index in [1.165, 1.54) is 0 Å². The lowest BCUT2D eigenvalue weighted by molar-refractivity contribution is 0.927. The van der Waals surface area contributed by atoms with Gasteiger partial charge in [-0.1, -0.05) is 12.2 Å². The van der Waals surface area contributed by atoms with Crippen LogP contribution in [0.2, 0.25) is 0 Å². The largest absolute Gasteiger partial charge is 0.357 e. The highest BCUT2D eigenvalue weighted by Crippen LogP contribution is 1.93. The van der Waals surface area contributed by atoms with Crippen molar-refractivity contribution in [3.63, 3.8) is 0 Å². The minimum atomic E-state index is 1.10. The van der Waals surface area contributed by atoms with Gasteiger partial charge in [-0.25, -0.2) is 0 Å². The van der Waals surface area contributed by atoms with Crippen molar-refractivity contribution in [2.24, 2.45) is 7.05 Å². The molecule has 0 unspecified atom stereocenters. The molecule has 42 valence electrons. The zero-order valence-electron chi connectivity index (χ0n) is 4.66. The van der Waals surface area contributed by atoms with Crippen molar-refractivity contribution < 1.29 is 0 Å². The monoisotopic (exact) mass is 125 g/mol. The first-order chi connectivity index (χ1) is 3.83. The first-order valence-electron chi connectivity index (χ1n) is 2.40. The Kier molecular flexibility index (Phi) is 1.44. The van der Waals surface area contributed by atoms with E-state index in [0.29, 0.717) is 0 Å². The second-order valence-electron chi connectivity index (χ2n) is 1.73. The molecule has 0 fully saturated rings. The van der Waals surface area contributed by atoms with Gasteiger partial charge in [0.25, 0.3) is 0 Å². The quantitative estimate of drug-likeness (QED) is 0.513. The highest BCUT2D eigenvalue weighted by atomic mass is 32.1. The van der Waals surface area contributed by atoms with Crippen LogP contribution in [0.4, 0.5) is 0 Å². The number of nitrogens with zero attached hydrogens (tertiary/aromatic N) is 1. The summed E-state index contributed by atoms with van der Waals surface area (Å²) in [7, 11) is 1.97. The van der Waals surface area contributed by atoms with Crippen molar-refractivity contribution in [2.45, 2.75) is 0 Å². The number of rotatable bonds is 1. The van der Waals surface area contributed by atoms with Crippen molar-refractivity contribution in [3.05, 3.63) is 24.0 Å². The molecular formula is C6H7NS. The summed E-state index contributed by atoms with van der Waals surface area (Å²) in [5.74, 6) is 0. The molecule has 0 bridgehead atoms. The standard InChI is InChI=1S/C6H7NS/c1-7-3-2-6(4-7)5-8/h2-5H,1H3. The molecule has 1 nitrogen and oxygen atoms in total. The average Bonchev–Trinajstić information content (AvgIpc) is 2.14. The molecule has 0 aliphatic rings. The Morgan fingerprint density at radius 2 is 2.50 bits per heavy atom. The van der Waals surface area contributed by atoms with E-state index in [4.69, 9.17) is 12.2 Å². The SMILES string of the molecule is Cn1ccc(C=S)c1. The zero-order chi connectivity index (χ0) is 5.98. The Morgan fingerprint density at radius 3 is 2.75 bits per heavy atom. The fourth-order valence-corrected chi connectivity index (χ4v) is 0.734. The van der Waals surface area contributed by atoms with E-state index in [2.05, 4.69) is 0 Å². The molecule has 1 heterocycles. The summed E-state index contributed by atoms with van der Waals surface area (Å²) >= 11 is 4.69. The van der Waals surface area contributed by atoms with Crippen LogP contribution in [-0.2, 0) is 7.05 Å². The second-order valence-corrected chi connectivity index (χ2v) is 1.96. The van der Waals surface area contributed by atoms with Crippen molar-refractivity contribution in [1.29, 1.82) is 0 Å². The molecule has 1 aromatic heterocycles. The van der Waals surface area contributed by atoms with Crippen molar-refractivity contribution in [1.82, 2.24) is 4.57 Å². The molecule has 0 radical (unpaired) electrons. The summed E-state index contributed by atoms with van der Waals surface area (Å²) in [5.41, 5.74) is 1.10. The van der Waals surface area contributed by atoms with Crippen LogP contribution in [0.1, 0.15) is 5.56 Å². The van der Waals surface area contributed by atoms with Crippen LogP contribution in [-0.4, -0.2) is 9.93 Å². The Bertz CT molecular complexity index is 190. The summed E-state index contributed by atoms with van der Waals surface area (Å²) in [6, 6.07) is 1.98. The molecule has 0 aromatic carbocycles. The van der Waals surface area contributed by atoms with Gasteiger partial charge in [-0.15, -0.1) is 0 Å². The number of thiocarbonyl (C=S) groups is 1. The minimum Gasteiger partial charge on any atom is -0.357 e. The molecule has 1 rings (SSSR count). The maximum absolute atomic E-state index is 4.69. The Labute approximate surface area is 53.9 Å². The summed E-state index contributed by atoms with van der Waals surface area (Å²) < 4.78 is 1.97. The van der Waals surface area contributed by atoms with Gasteiger partial charge >= 0.3 is 0 Å². The Balaban J connectivity index is 3.00. The molecule has 0 aliphatic heterocycles. The molecule has 0 aliphatic carbocycles. The van der Waals surface area contributed by atoms with Gasteiger partial charge in [-0.3, -0.25) is 0 Å². The first kappa shape index (κ1) is 5.51. The number of aromatic nitrogens is 1. The van der Waals surface area contributed by atoms with Crippen LogP contribution in [0.3, 0.4) is 0 Å². The van der Waals surface area contributed by atoms with Gasteiger partial charge < -0.3 is 4.57 Å². The lowest BCUT2D eigenvalue weighted by atomic mass is 10.4. The molecule has 2 heteroatoms. The minimum absolute atomic E-state index is 1.10. The van der Waals surface area contributed by atoms with Crippen LogP contribution < -0.4 is 0 Å². The van der Waals surface area contributed by atoms with E-state index >= 15 is 0 Å². The van der Waals surface area contributed by atoms with Crippen LogP contribution in [0.25, 0.3) is 0 Å². The molecule has 0 N–H and O–H groups in total. The highest BCUT2D eigenvalue weighted by Gasteiger charge is 1.84. The van der Waals surface area contributed by atoms with Gasteiger partial charge in [-0.05, 0) is 6.07 Å². The fraction of sp³-hybridized carbons (Fsp3) is 0.167. The molecule has 0 saturated carbocycles. The van der Waals surface area contributed by atoms with Crippen LogP contribution >= 0.6 is 12.2 Å². The normalized spacial score (nSPS) is 9.12. The number of hydrogen-bond acceptors (Lipinski definition) is 1. The van der Waals surface area contributed by atoms with E-state index in [9.17, 15) is 0 Å². The molecule has 0 saturated heterocycles. The molecule has 1 aromatic rings. The van der Waals surface area contributed by atoms with Crippen LogP contribution in [0.15, 0.2) is 18.5 Å². The van der Waals surface area contributed by atoms with Gasteiger partial charge in [0.05, 0.1) is 0 Å². The Morgan fingerprint density at radius 1 is 1.75 bits per heavy atom. The van der Waals surface area contributed by atoms with Crippen molar-refractivity contribution in [2.75, 3.05) is 0 Å². The van der Waals surface area contributed by atoms with E-state index in [0.717, 1.165) is 5.56 Å². The third kappa shape index (κ3) is 0.954. The van der Waals surface area contributed by atoms with Gasteiger partial charge in [0, 0.05) is 30.4 Å². The molecule has 0 amide bonds. The van der Waals surface area contributed by atoms with E-state index in [-0.39, 0.29) is 0 Å². The van der Waals surface area contributed by atoms with E-state index in [1.54, 1.807) is 5.37 Å². The fourth-order valence-electron chi connectivity index (χ4n) is 0.595. The molecule has 0 atom stereocenters. The third-order valence-corrected chi connectivity index (χ3v) is 1.26. The molecule has 8 heavy (non-hydrogen) atoms. The maximum atomic E-state index is 4.69. The summed E-state index contributed by atoms with van der Waals surface area (Å²) in [5, 5.41) is 1.67. The van der Waals surface area contributed by atoms with Crippen LogP contribution in [0, 0.1) is 0 Å². The van der Waals surface area contributed by atoms with E-state index in [1.807, 2.05) is 30.1 Å². The summed E-state index contributed by atoms with van der Waals surface area (Å²) in [4.78, 5) is 0. The summed E-state index contributed by atoms with van der Waals surface area (Å²) in [6.07, 6.45) is 3.95. The van der Waals surface area contributed by atoms with Crippen molar-refractivity contribution in [3.8, 4) is 0 Å². The lowest BCUT2D eigenvalue weighted by Gasteiger charge is -1.81. The highest BCUT2D eigenvalue weighted by molar-refractivity contribution is 7.79. The molecular weight excluding hydrogens is 118 g/mol. The van der Waals surface area contributed by atoms with Gasteiger partial charge in [0.1, 0.15) is 0 Å². The zero-order valence-corrected chi connectivity index (χ0v) is 5.48. The van der Waals surface area contributed by atoms with E-state index < -0.39 is 0 Å². The van der Waals surface area contributed by atoms with Gasteiger partial charge in [0.2, 0.25) is 0 Å². The van der Waals surface area contributed by atoms with Gasteiger partial charge in [0.15, 0.2) is 0 Å². The van der Waals surface area contributed by atoms with Gasteiger partial charge in [-0.2, -0.15) is 0 Å². The topological polar surface area (TPSA) is 4.93 Å². The maximum Gasteiger partial charge on any atom is 0.0113 e. The van der Waals surface area contributed by atoms with Crippen LogP contribution in [0.5, 0.6) is 0 Å².